The second-order valence-corrected chi connectivity index (χ2v) is 7.04. The van der Waals surface area contributed by atoms with Crippen LogP contribution >= 0.6 is 0 Å². The lowest BCUT2D eigenvalue weighted by Crippen LogP contribution is -2.32. The van der Waals surface area contributed by atoms with Crippen molar-refractivity contribution in [2.75, 3.05) is 13.2 Å². The van der Waals surface area contributed by atoms with Crippen molar-refractivity contribution in [2.24, 2.45) is 0 Å². The van der Waals surface area contributed by atoms with E-state index in [4.69, 9.17) is 0 Å². The Morgan fingerprint density at radius 1 is 1.07 bits per heavy atom. The standard InChI is InChI=1S/C22H22FNO4/c1-13(2)14-3-5-15(6-4-14)19-18(21(27)22(28)24(19)11-12-25)20(26)16-7-9-17(23)10-8-16/h3-10,13,19,25-26H,11-12H2,1-2H3/b20-18-. The zero-order valence-electron chi connectivity index (χ0n) is 15.7. The number of aliphatic hydroxyl groups excluding tert-OH is 2. The Kier molecular flexibility index (Phi) is 5.61. The summed E-state index contributed by atoms with van der Waals surface area (Å²) in [4.78, 5) is 26.4. The first-order chi connectivity index (χ1) is 13.3. The molecule has 146 valence electrons. The Balaban J connectivity index is 2.14. The van der Waals surface area contributed by atoms with Crippen molar-refractivity contribution in [1.82, 2.24) is 4.90 Å². The number of carbonyl (C=O) groups excluding carboxylic acids is 2. The first-order valence-corrected chi connectivity index (χ1v) is 9.10. The average molecular weight is 383 g/mol. The number of hydrogen-bond donors (Lipinski definition) is 2. The highest BCUT2D eigenvalue weighted by Gasteiger charge is 2.45. The Hall–Kier alpha value is -2.99. The Labute approximate surface area is 162 Å². The normalized spacial score (nSPS) is 18.9. The maximum atomic E-state index is 13.2. The topological polar surface area (TPSA) is 77.8 Å². The van der Waals surface area contributed by atoms with Crippen LogP contribution in [-0.2, 0) is 9.59 Å². The monoisotopic (exact) mass is 383 g/mol. The minimum absolute atomic E-state index is 0.0403. The first kappa shape index (κ1) is 19.8. The lowest BCUT2D eigenvalue weighted by Gasteiger charge is -2.25. The Morgan fingerprint density at radius 2 is 1.68 bits per heavy atom. The molecule has 1 unspecified atom stereocenters. The van der Waals surface area contributed by atoms with Gasteiger partial charge in [0, 0.05) is 12.1 Å². The van der Waals surface area contributed by atoms with E-state index in [0.717, 1.165) is 5.56 Å². The van der Waals surface area contributed by atoms with E-state index in [2.05, 4.69) is 13.8 Å². The summed E-state index contributed by atoms with van der Waals surface area (Å²) >= 11 is 0. The number of amides is 1. The molecule has 1 heterocycles. The minimum Gasteiger partial charge on any atom is -0.507 e. The van der Waals surface area contributed by atoms with E-state index in [1.165, 1.54) is 29.2 Å². The molecule has 2 N–H and O–H groups in total. The van der Waals surface area contributed by atoms with Gasteiger partial charge in [-0.1, -0.05) is 38.1 Å². The number of likely N-dealkylation sites (tertiary alicyclic amines) is 1. The number of halogens is 1. The van der Waals surface area contributed by atoms with Crippen molar-refractivity contribution in [3.8, 4) is 0 Å². The smallest absolute Gasteiger partial charge is 0.295 e. The van der Waals surface area contributed by atoms with Gasteiger partial charge in [0.25, 0.3) is 11.7 Å². The molecule has 1 saturated heterocycles. The summed E-state index contributed by atoms with van der Waals surface area (Å²) in [5.41, 5.74) is 1.93. The zero-order valence-corrected chi connectivity index (χ0v) is 15.7. The van der Waals surface area contributed by atoms with E-state index >= 15 is 0 Å². The highest BCUT2D eigenvalue weighted by Crippen LogP contribution is 2.39. The van der Waals surface area contributed by atoms with Crippen LogP contribution in [0, 0.1) is 5.82 Å². The number of rotatable bonds is 5. The Bertz CT molecular complexity index is 917. The molecule has 0 spiro atoms. The van der Waals surface area contributed by atoms with Crippen LogP contribution in [0.2, 0.25) is 0 Å². The van der Waals surface area contributed by atoms with Gasteiger partial charge in [-0.3, -0.25) is 9.59 Å². The average Bonchev–Trinajstić information content (AvgIpc) is 2.93. The van der Waals surface area contributed by atoms with Gasteiger partial charge in [0.15, 0.2) is 0 Å². The fourth-order valence-corrected chi connectivity index (χ4v) is 3.39. The van der Waals surface area contributed by atoms with Crippen molar-refractivity contribution in [1.29, 1.82) is 0 Å². The van der Waals surface area contributed by atoms with Crippen LogP contribution in [0.3, 0.4) is 0 Å². The molecule has 0 radical (unpaired) electrons. The van der Waals surface area contributed by atoms with Gasteiger partial charge in [-0.25, -0.2) is 4.39 Å². The highest BCUT2D eigenvalue weighted by molar-refractivity contribution is 6.46. The van der Waals surface area contributed by atoms with Crippen LogP contribution in [0.4, 0.5) is 4.39 Å². The van der Waals surface area contributed by atoms with Crippen LogP contribution in [0.5, 0.6) is 0 Å². The van der Waals surface area contributed by atoms with E-state index in [0.29, 0.717) is 11.5 Å². The molecule has 0 aliphatic carbocycles. The second kappa shape index (κ2) is 7.94. The molecule has 2 aromatic carbocycles. The van der Waals surface area contributed by atoms with Gasteiger partial charge in [-0.2, -0.15) is 0 Å². The summed E-state index contributed by atoms with van der Waals surface area (Å²) in [5.74, 6) is -2.13. The molecule has 28 heavy (non-hydrogen) atoms. The van der Waals surface area contributed by atoms with Crippen molar-refractivity contribution in [3.63, 3.8) is 0 Å². The molecule has 1 aliphatic heterocycles. The molecule has 2 aromatic rings. The third-order valence-electron chi connectivity index (χ3n) is 4.92. The molecule has 0 aromatic heterocycles. The zero-order chi connectivity index (χ0) is 20.4. The molecule has 1 aliphatic rings. The van der Waals surface area contributed by atoms with Gasteiger partial charge < -0.3 is 15.1 Å². The maximum absolute atomic E-state index is 13.2. The van der Waals surface area contributed by atoms with Crippen LogP contribution in [0.15, 0.2) is 54.1 Å². The summed E-state index contributed by atoms with van der Waals surface area (Å²) in [5, 5.41) is 20.1. The molecule has 3 rings (SSSR count). The number of carbonyl (C=O) groups is 2. The number of hydrogen-bond acceptors (Lipinski definition) is 4. The molecule has 1 amide bonds. The Morgan fingerprint density at radius 3 is 2.21 bits per heavy atom. The van der Waals surface area contributed by atoms with Crippen molar-refractivity contribution < 1.29 is 24.2 Å². The SMILES string of the molecule is CC(C)c1ccc(C2/C(=C(/O)c3ccc(F)cc3)C(=O)C(=O)N2CCO)cc1. The van der Waals surface area contributed by atoms with E-state index in [1.54, 1.807) is 0 Å². The third kappa shape index (κ3) is 3.55. The number of benzene rings is 2. The lowest BCUT2D eigenvalue weighted by atomic mass is 9.93. The lowest BCUT2D eigenvalue weighted by molar-refractivity contribution is -0.140. The molecule has 0 saturated carbocycles. The van der Waals surface area contributed by atoms with Crippen LogP contribution < -0.4 is 0 Å². The highest BCUT2D eigenvalue weighted by atomic mass is 19.1. The van der Waals surface area contributed by atoms with Gasteiger partial charge in [-0.05, 0) is 41.3 Å². The number of aliphatic hydroxyl groups is 2. The van der Waals surface area contributed by atoms with Gasteiger partial charge in [0.05, 0.1) is 18.2 Å². The predicted molar refractivity (Wildman–Crippen MR) is 103 cm³/mol. The predicted octanol–water partition coefficient (Wildman–Crippen LogP) is 3.36. The van der Waals surface area contributed by atoms with Gasteiger partial charge in [0.1, 0.15) is 11.6 Å². The summed E-state index contributed by atoms with van der Waals surface area (Å²) in [6, 6.07) is 11.7. The van der Waals surface area contributed by atoms with Gasteiger partial charge in [0.2, 0.25) is 0 Å². The molecule has 0 bridgehead atoms. The summed E-state index contributed by atoms with van der Waals surface area (Å²) in [6.07, 6.45) is 0. The minimum atomic E-state index is -0.826. The fraction of sp³-hybridized carbons (Fsp3) is 0.273. The number of Topliss-reactive ketones (excluding diaryl/α,β-unsaturated/α-hetero) is 1. The third-order valence-corrected chi connectivity index (χ3v) is 4.92. The number of ketones is 1. The molecule has 5 nitrogen and oxygen atoms in total. The van der Waals surface area contributed by atoms with Crippen molar-refractivity contribution in [3.05, 3.63) is 76.6 Å². The van der Waals surface area contributed by atoms with Crippen LogP contribution in [0.25, 0.3) is 5.76 Å². The van der Waals surface area contributed by atoms with E-state index in [-0.39, 0.29) is 30.0 Å². The van der Waals surface area contributed by atoms with E-state index in [9.17, 15) is 24.2 Å². The quantitative estimate of drug-likeness (QED) is 0.471. The van der Waals surface area contributed by atoms with E-state index < -0.39 is 23.5 Å². The van der Waals surface area contributed by atoms with Crippen molar-refractivity contribution in [2.45, 2.75) is 25.8 Å². The number of β-amino-alcohol motifs (C(OH)–C–C–N with tert-alkyl or cyclic N) is 1. The van der Waals surface area contributed by atoms with Crippen LogP contribution in [-0.4, -0.2) is 40.0 Å². The largest absolute Gasteiger partial charge is 0.507 e. The summed E-state index contributed by atoms with van der Waals surface area (Å²) in [6.45, 7) is 3.76. The summed E-state index contributed by atoms with van der Waals surface area (Å²) in [7, 11) is 0. The fourth-order valence-electron chi connectivity index (χ4n) is 3.39. The maximum Gasteiger partial charge on any atom is 0.295 e. The molecule has 1 atom stereocenters. The summed E-state index contributed by atoms with van der Waals surface area (Å²) < 4.78 is 13.2. The van der Waals surface area contributed by atoms with Gasteiger partial charge in [-0.15, -0.1) is 0 Å². The molecular weight excluding hydrogens is 361 g/mol. The van der Waals surface area contributed by atoms with Crippen molar-refractivity contribution >= 4 is 17.4 Å². The van der Waals surface area contributed by atoms with Gasteiger partial charge >= 0.3 is 0 Å². The van der Waals surface area contributed by atoms with E-state index in [1.807, 2.05) is 24.3 Å². The molecule has 6 heteroatoms. The number of nitrogens with zero attached hydrogens (tertiary/aromatic N) is 1. The van der Waals surface area contributed by atoms with Crippen LogP contribution in [0.1, 0.15) is 42.5 Å². The first-order valence-electron chi connectivity index (χ1n) is 9.10. The second-order valence-electron chi connectivity index (χ2n) is 7.04. The molecule has 1 fully saturated rings. The molecular formula is C22H22FNO4.